The topological polar surface area (TPSA) is 80.2 Å². The minimum absolute atomic E-state index is 0.169. The van der Waals surface area contributed by atoms with Gasteiger partial charge in [-0.2, -0.15) is 0 Å². The van der Waals surface area contributed by atoms with E-state index in [1.165, 1.54) is 6.92 Å². The molecular weight excluding hydrogens is 318 g/mol. The summed E-state index contributed by atoms with van der Waals surface area (Å²) < 4.78 is 1.72. The molecule has 1 saturated carbocycles. The van der Waals surface area contributed by atoms with Gasteiger partial charge in [-0.3, -0.25) is 14.4 Å². The summed E-state index contributed by atoms with van der Waals surface area (Å²) in [4.78, 5) is 36.6. The first-order valence-corrected chi connectivity index (χ1v) is 8.28. The molecule has 0 radical (unpaired) electrons. The zero-order valence-electron chi connectivity index (χ0n) is 14.6. The van der Waals surface area contributed by atoms with E-state index in [1.807, 2.05) is 13.0 Å². The monoisotopic (exact) mass is 339 g/mol. The molecular formula is C19H21N3O3. The lowest BCUT2D eigenvalue weighted by atomic mass is 10.1. The largest absolute Gasteiger partial charge is 0.326 e. The average molecular weight is 339 g/mol. The summed E-state index contributed by atoms with van der Waals surface area (Å²) in [7, 11) is 0. The molecule has 2 N–H and O–H groups in total. The normalized spacial score (nSPS) is 13.4. The fourth-order valence-corrected chi connectivity index (χ4v) is 3.04. The number of rotatable bonds is 4. The molecule has 130 valence electrons. The Morgan fingerprint density at radius 2 is 1.72 bits per heavy atom. The van der Waals surface area contributed by atoms with Crippen LogP contribution in [0.15, 0.2) is 35.1 Å². The van der Waals surface area contributed by atoms with Crippen LogP contribution in [-0.4, -0.2) is 16.4 Å². The van der Waals surface area contributed by atoms with Crippen LogP contribution < -0.4 is 16.2 Å². The number of amides is 2. The van der Waals surface area contributed by atoms with Crippen molar-refractivity contribution in [3.8, 4) is 0 Å². The van der Waals surface area contributed by atoms with Crippen molar-refractivity contribution in [1.82, 2.24) is 4.57 Å². The Labute approximate surface area is 145 Å². The fourth-order valence-electron chi connectivity index (χ4n) is 3.04. The van der Waals surface area contributed by atoms with Gasteiger partial charge in [0.05, 0.1) is 0 Å². The summed E-state index contributed by atoms with van der Waals surface area (Å²) in [6, 6.07) is 8.92. The minimum atomic E-state index is -0.433. The number of carbonyl (C=O) groups excluding carboxylic acids is 2. The Bertz CT molecular complexity index is 911. The molecule has 0 unspecified atom stereocenters. The molecule has 1 aliphatic carbocycles. The van der Waals surface area contributed by atoms with Gasteiger partial charge in [0.25, 0.3) is 11.5 Å². The highest BCUT2D eigenvalue weighted by atomic mass is 16.2. The smallest absolute Gasteiger partial charge is 0.264 e. The van der Waals surface area contributed by atoms with Gasteiger partial charge in [-0.15, -0.1) is 0 Å². The number of hydrogen-bond acceptors (Lipinski definition) is 3. The summed E-state index contributed by atoms with van der Waals surface area (Å²) in [5.74, 6) is -0.623. The van der Waals surface area contributed by atoms with Crippen molar-refractivity contribution < 1.29 is 9.59 Å². The summed E-state index contributed by atoms with van der Waals surface area (Å²) in [6.07, 6.45) is 1.95. The van der Waals surface area contributed by atoms with Crippen molar-refractivity contribution >= 4 is 23.2 Å². The van der Waals surface area contributed by atoms with Gasteiger partial charge in [0.15, 0.2) is 0 Å². The van der Waals surface area contributed by atoms with Crippen molar-refractivity contribution in [2.45, 2.75) is 39.7 Å². The molecule has 0 aliphatic heterocycles. The molecule has 1 heterocycles. The van der Waals surface area contributed by atoms with E-state index >= 15 is 0 Å². The number of nitrogens with one attached hydrogen (secondary N) is 2. The third-order valence-electron chi connectivity index (χ3n) is 4.21. The van der Waals surface area contributed by atoms with Gasteiger partial charge < -0.3 is 15.2 Å². The van der Waals surface area contributed by atoms with E-state index in [4.69, 9.17) is 0 Å². The van der Waals surface area contributed by atoms with Gasteiger partial charge in [-0.25, -0.2) is 0 Å². The van der Waals surface area contributed by atoms with E-state index in [0.717, 1.165) is 18.5 Å². The Hall–Kier alpha value is -2.89. The van der Waals surface area contributed by atoms with Crippen LogP contribution in [0.3, 0.4) is 0 Å². The van der Waals surface area contributed by atoms with Crippen LogP contribution in [0, 0.1) is 13.8 Å². The Morgan fingerprint density at radius 1 is 1.08 bits per heavy atom. The Morgan fingerprint density at radius 3 is 2.32 bits per heavy atom. The molecule has 0 spiro atoms. The lowest BCUT2D eigenvalue weighted by Gasteiger charge is -2.14. The highest BCUT2D eigenvalue weighted by molar-refractivity contribution is 6.05. The number of nitrogens with zero attached hydrogens (tertiary/aromatic N) is 1. The maximum Gasteiger partial charge on any atom is 0.264 e. The number of benzene rings is 1. The average Bonchev–Trinajstić information content (AvgIpc) is 3.30. The second-order valence-corrected chi connectivity index (χ2v) is 6.47. The molecule has 3 rings (SSSR count). The molecule has 6 nitrogen and oxygen atoms in total. The highest BCUT2D eigenvalue weighted by Gasteiger charge is 2.28. The van der Waals surface area contributed by atoms with E-state index in [0.29, 0.717) is 16.9 Å². The van der Waals surface area contributed by atoms with Crippen molar-refractivity contribution in [3.05, 3.63) is 57.5 Å². The molecule has 1 aromatic heterocycles. The number of aryl methyl sites for hydroxylation is 2. The molecule has 0 atom stereocenters. The van der Waals surface area contributed by atoms with Crippen LogP contribution in [-0.2, 0) is 4.79 Å². The zero-order valence-corrected chi connectivity index (χ0v) is 14.6. The predicted molar refractivity (Wildman–Crippen MR) is 97.1 cm³/mol. The molecule has 2 aromatic rings. The van der Waals surface area contributed by atoms with Gasteiger partial charge in [0.1, 0.15) is 5.56 Å². The van der Waals surface area contributed by atoms with Gasteiger partial charge in [0.2, 0.25) is 5.91 Å². The molecule has 1 aromatic carbocycles. The van der Waals surface area contributed by atoms with Gasteiger partial charge in [-0.05, 0) is 56.5 Å². The Balaban J connectivity index is 1.90. The lowest BCUT2D eigenvalue weighted by Crippen LogP contribution is -2.31. The molecule has 25 heavy (non-hydrogen) atoms. The van der Waals surface area contributed by atoms with E-state index in [2.05, 4.69) is 10.6 Å². The third-order valence-corrected chi connectivity index (χ3v) is 4.21. The number of hydrogen-bond donors (Lipinski definition) is 2. The number of anilines is 2. The number of aromatic nitrogens is 1. The van der Waals surface area contributed by atoms with Crippen molar-refractivity contribution in [2.75, 3.05) is 10.6 Å². The number of carbonyl (C=O) groups is 2. The molecule has 1 fully saturated rings. The maximum absolute atomic E-state index is 12.8. The van der Waals surface area contributed by atoms with E-state index in [-0.39, 0.29) is 23.1 Å². The van der Waals surface area contributed by atoms with E-state index in [1.54, 1.807) is 35.8 Å². The van der Waals surface area contributed by atoms with Gasteiger partial charge in [-0.1, -0.05) is 6.07 Å². The first kappa shape index (κ1) is 17.0. The van der Waals surface area contributed by atoms with Crippen LogP contribution in [0.2, 0.25) is 0 Å². The highest BCUT2D eigenvalue weighted by Crippen LogP contribution is 2.34. The second-order valence-electron chi connectivity index (χ2n) is 6.47. The first-order valence-electron chi connectivity index (χ1n) is 8.28. The van der Waals surface area contributed by atoms with Crippen LogP contribution in [0.25, 0.3) is 0 Å². The summed E-state index contributed by atoms with van der Waals surface area (Å²) >= 11 is 0. The minimum Gasteiger partial charge on any atom is -0.326 e. The maximum atomic E-state index is 12.8. The SMILES string of the molecule is CC(=O)Nc1cccc(NC(=O)c2c(C)cc(C)n(C3CC3)c2=O)c1. The molecule has 0 saturated heterocycles. The molecule has 1 aliphatic rings. The van der Waals surface area contributed by atoms with Crippen LogP contribution in [0.1, 0.15) is 47.4 Å². The van der Waals surface area contributed by atoms with Crippen LogP contribution in [0.4, 0.5) is 11.4 Å². The lowest BCUT2D eigenvalue weighted by molar-refractivity contribution is -0.114. The zero-order chi connectivity index (χ0) is 18.1. The number of pyridine rings is 1. The third kappa shape index (κ3) is 3.63. The summed E-state index contributed by atoms with van der Waals surface area (Å²) in [5.41, 5.74) is 2.58. The van der Waals surface area contributed by atoms with Crippen LogP contribution in [0.5, 0.6) is 0 Å². The summed E-state index contributed by atoms with van der Waals surface area (Å²) in [6.45, 7) is 5.08. The molecule has 6 heteroatoms. The van der Waals surface area contributed by atoms with Gasteiger partial charge >= 0.3 is 0 Å². The fraction of sp³-hybridized carbons (Fsp3) is 0.316. The van der Waals surface area contributed by atoms with E-state index in [9.17, 15) is 14.4 Å². The Kier molecular flexibility index (Phi) is 4.44. The standard InChI is InChI=1S/C19H21N3O3/c1-11-9-12(2)22(16-7-8-16)19(25)17(11)18(24)21-15-6-4-5-14(10-15)20-13(3)23/h4-6,9-10,16H,7-8H2,1-3H3,(H,20,23)(H,21,24). The van der Waals surface area contributed by atoms with Crippen LogP contribution >= 0.6 is 0 Å². The van der Waals surface area contributed by atoms with Gasteiger partial charge in [0, 0.05) is 30.0 Å². The second kappa shape index (κ2) is 6.55. The first-order chi connectivity index (χ1) is 11.9. The quantitative estimate of drug-likeness (QED) is 0.898. The van der Waals surface area contributed by atoms with Crippen molar-refractivity contribution in [1.29, 1.82) is 0 Å². The molecule has 2 amide bonds. The molecule has 0 bridgehead atoms. The summed E-state index contributed by atoms with van der Waals surface area (Å²) in [5, 5.41) is 5.42. The van der Waals surface area contributed by atoms with Crippen molar-refractivity contribution in [3.63, 3.8) is 0 Å². The van der Waals surface area contributed by atoms with Crippen molar-refractivity contribution in [2.24, 2.45) is 0 Å². The van der Waals surface area contributed by atoms with E-state index < -0.39 is 5.91 Å². The predicted octanol–water partition coefficient (Wildman–Crippen LogP) is 3.01.